The highest BCUT2D eigenvalue weighted by molar-refractivity contribution is 7.19. The number of benzene rings is 1. The minimum Gasteiger partial charge on any atom is -0.146 e. The van der Waals surface area contributed by atoms with Gasteiger partial charge in [0, 0.05) is 0 Å². The second kappa shape index (κ2) is 5.09. The van der Waals surface area contributed by atoms with Gasteiger partial charge < -0.3 is 0 Å². The fraction of sp³-hybridized carbons (Fsp3) is 0.0909. The molecule has 2 heterocycles. The monoisotopic (exact) mass is 294 g/mol. The van der Waals surface area contributed by atoms with Crippen LogP contribution in [0.3, 0.4) is 0 Å². The molecule has 1 unspecified atom stereocenters. The number of aromatic nitrogens is 4. The third kappa shape index (κ3) is 2.27. The topological polar surface area (TPSA) is 51.6 Å². The molecule has 1 atom stereocenters. The Morgan fingerprint density at radius 3 is 2.67 bits per heavy atom. The van der Waals surface area contributed by atoms with Crippen molar-refractivity contribution in [1.29, 1.82) is 0 Å². The largest absolute Gasteiger partial charge is 0.161 e. The number of hydrogen-bond acceptors (Lipinski definition) is 6. The van der Waals surface area contributed by atoms with E-state index in [1.54, 1.807) is 6.20 Å². The van der Waals surface area contributed by atoms with E-state index in [-0.39, 0.29) is 5.38 Å². The SMILES string of the molecule is ClC(c1ccccc1)c1nnc(-c2cnns2)s1. The van der Waals surface area contributed by atoms with E-state index in [1.165, 1.54) is 22.9 Å². The quantitative estimate of drug-likeness (QED) is 0.695. The molecule has 0 fully saturated rings. The highest BCUT2D eigenvalue weighted by Crippen LogP contribution is 2.34. The molecule has 0 aliphatic rings. The van der Waals surface area contributed by atoms with E-state index in [2.05, 4.69) is 19.8 Å². The number of rotatable bonds is 3. The van der Waals surface area contributed by atoms with Crippen LogP contribution in [0.1, 0.15) is 15.9 Å². The second-order valence-corrected chi connectivity index (χ2v) is 5.73. The maximum Gasteiger partial charge on any atom is 0.161 e. The molecule has 90 valence electrons. The van der Waals surface area contributed by atoms with Crippen LogP contribution < -0.4 is 0 Å². The first-order chi connectivity index (χ1) is 8.84. The summed E-state index contributed by atoms with van der Waals surface area (Å²) in [7, 11) is 0. The summed E-state index contributed by atoms with van der Waals surface area (Å²) in [6.45, 7) is 0. The summed E-state index contributed by atoms with van der Waals surface area (Å²) in [5.41, 5.74) is 1.02. The van der Waals surface area contributed by atoms with E-state index in [9.17, 15) is 0 Å². The fourth-order valence-electron chi connectivity index (χ4n) is 1.46. The Balaban J connectivity index is 1.90. The van der Waals surface area contributed by atoms with Crippen LogP contribution in [0, 0.1) is 0 Å². The molecule has 0 amide bonds. The molecular formula is C11H7ClN4S2. The minimum absolute atomic E-state index is 0.265. The predicted molar refractivity (Wildman–Crippen MR) is 73.0 cm³/mol. The van der Waals surface area contributed by atoms with Crippen LogP contribution in [-0.2, 0) is 0 Å². The number of alkyl halides is 1. The Morgan fingerprint density at radius 1 is 1.11 bits per heavy atom. The van der Waals surface area contributed by atoms with Gasteiger partial charge in [0.15, 0.2) is 5.01 Å². The Bertz CT molecular complexity index is 624. The number of halogens is 1. The Hall–Kier alpha value is -1.37. The van der Waals surface area contributed by atoms with Crippen LogP contribution in [0.4, 0.5) is 0 Å². The lowest BCUT2D eigenvalue weighted by Gasteiger charge is -2.04. The van der Waals surface area contributed by atoms with Crippen LogP contribution in [0.5, 0.6) is 0 Å². The Kier molecular flexibility index (Phi) is 3.31. The van der Waals surface area contributed by atoms with E-state index in [4.69, 9.17) is 11.6 Å². The van der Waals surface area contributed by atoms with E-state index in [0.29, 0.717) is 0 Å². The van der Waals surface area contributed by atoms with Gasteiger partial charge in [0.25, 0.3) is 0 Å². The van der Waals surface area contributed by atoms with E-state index >= 15 is 0 Å². The summed E-state index contributed by atoms with van der Waals surface area (Å²) in [6, 6.07) is 9.83. The molecule has 1 aromatic carbocycles. The first-order valence-electron chi connectivity index (χ1n) is 5.15. The molecule has 2 aromatic heterocycles. The highest BCUT2D eigenvalue weighted by Gasteiger charge is 2.17. The first-order valence-corrected chi connectivity index (χ1v) is 7.17. The van der Waals surface area contributed by atoms with Gasteiger partial charge in [-0.15, -0.1) is 26.9 Å². The van der Waals surface area contributed by atoms with Crippen molar-refractivity contribution in [3.8, 4) is 9.88 Å². The van der Waals surface area contributed by atoms with Crippen LogP contribution in [-0.4, -0.2) is 19.8 Å². The first kappa shape index (κ1) is 11.7. The highest BCUT2D eigenvalue weighted by atomic mass is 35.5. The van der Waals surface area contributed by atoms with Crippen LogP contribution >= 0.6 is 34.5 Å². The van der Waals surface area contributed by atoms with Gasteiger partial charge in [0.1, 0.15) is 15.3 Å². The van der Waals surface area contributed by atoms with Crippen molar-refractivity contribution in [1.82, 2.24) is 19.8 Å². The molecule has 7 heteroatoms. The van der Waals surface area contributed by atoms with Gasteiger partial charge in [-0.25, -0.2) is 0 Å². The Morgan fingerprint density at radius 2 is 1.94 bits per heavy atom. The van der Waals surface area contributed by atoms with Crippen molar-refractivity contribution in [3.63, 3.8) is 0 Å². The van der Waals surface area contributed by atoms with Gasteiger partial charge >= 0.3 is 0 Å². The maximum absolute atomic E-state index is 6.39. The molecule has 3 aromatic rings. The van der Waals surface area contributed by atoms with Crippen LogP contribution in [0.2, 0.25) is 0 Å². The zero-order valence-electron chi connectivity index (χ0n) is 9.02. The Labute approximate surface area is 116 Å². The van der Waals surface area contributed by atoms with Gasteiger partial charge in [-0.05, 0) is 17.1 Å². The van der Waals surface area contributed by atoms with Crippen molar-refractivity contribution in [2.24, 2.45) is 0 Å². The molecular weight excluding hydrogens is 288 g/mol. The zero-order chi connectivity index (χ0) is 12.4. The maximum atomic E-state index is 6.39. The summed E-state index contributed by atoms with van der Waals surface area (Å²) in [4.78, 5) is 0.913. The normalized spacial score (nSPS) is 12.5. The predicted octanol–water partition coefficient (Wildman–Crippen LogP) is 3.38. The van der Waals surface area contributed by atoms with Crippen LogP contribution in [0.25, 0.3) is 9.88 Å². The molecule has 0 radical (unpaired) electrons. The smallest absolute Gasteiger partial charge is 0.146 e. The van der Waals surface area contributed by atoms with Crippen molar-refractivity contribution in [2.45, 2.75) is 5.38 Å². The molecule has 18 heavy (non-hydrogen) atoms. The lowest BCUT2D eigenvalue weighted by Crippen LogP contribution is -1.91. The average molecular weight is 295 g/mol. The van der Waals surface area contributed by atoms with Gasteiger partial charge in [0.2, 0.25) is 0 Å². The standard InChI is InChI=1S/C11H7ClN4S2/c12-9(7-4-2-1-3-5-7)11-15-14-10(17-11)8-6-13-16-18-8/h1-6,9H. The van der Waals surface area contributed by atoms with Crippen molar-refractivity contribution < 1.29 is 0 Å². The average Bonchev–Trinajstić information content (AvgIpc) is 3.09. The van der Waals surface area contributed by atoms with Gasteiger partial charge in [-0.2, -0.15) is 0 Å². The summed E-state index contributed by atoms with van der Waals surface area (Å²) in [5, 5.41) is 13.4. The summed E-state index contributed by atoms with van der Waals surface area (Å²) in [6.07, 6.45) is 1.68. The van der Waals surface area contributed by atoms with E-state index in [0.717, 1.165) is 20.5 Å². The lowest BCUT2D eigenvalue weighted by molar-refractivity contribution is 0.988. The second-order valence-electron chi connectivity index (χ2n) is 3.50. The summed E-state index contributed by atoms with van der Waals surface area (Å²) >= 11 is 9.16. The van der Waals surface area contributed by atoms with Gasteiger partial charge in [-0.1, -0.05) is 46.2 Å². The molecule has 0 aliphatic heterocycles. The summed E-state index contributed by atoms with van der Waals surface area (Å²) < 4.78 is 3.81. The zero-order valence-corrected chi connectivity index (χ0v) is 11.4. The third-order valence-corrected chi connectivity index (χ3v) is 4.73. The van der Waals surface area contributed by atoms with Crippen molar-refractivity contribution in [3.05, 3.63) is 47.1 Å². The minimum atomic E-state index is -0.265. The number of nitrogens with zero attached hydrogens (tertiary/aromatic N) is 4. The van der Waals surface area contributed by atoms with Gasteiger partial charge in [0.05, 0.1) is 6.20 Å². The van der Waals surface area contributed by atoms with E-state index in [1.807, 2.05) is 30.3 Å². The van der Waals surface area contributed by atoms with Gasteiger partial charge in [-0.3, -0.25) is 0 Å². The summed E-state index contributed by atoms with van der Waals surface area (Å²) in [5.74, 6) is 0. The molecule has 0 spiro atoms. The number of hydrogen-bond donors (Lipinski definition) is 0. The van der Waals surface area contributed by atoms with E-state index < -0.39 is 0 Å². The lowest BCUT2D eigenvalue weighted by atomic mass is 10.1. The molecule has 4 nitrogen and oxygen atoms in total. The molecule has 0 saturated carbocycles. The molecule has 0 saturated heterocycles. The third-order valence-electron chi connectivity index (χ3n) is 2.32. The van der Waals surface area contributed by atoms with Crippen molar-refractivity contribution >= 4 is 34.5 Å². The van der Waals surface area contributed by atoms with Crippen LogP contribution in [0.15, 0.2) is 36.5 Å². The molecule has 0 bridgehead atoms. The van der Waals surface area contributed by atoms with Crippen molar-refractivity contribution in [2.75, 3.05) is 0 Å². The fourth-order valence-corrected chi connectivity index (χ4v) is 3.17. The molecule has 3 rings (SSSR count). The molecule has 0 aliphatic carbocycles. The molecule has 0 N–H and O–H groups in total.